The van der Waals surface area contributed by atoms with Crippen molar-refractivity contribution in [2.45, 2.75) is 18.7 Å². The van der Waals surface area contributed by atoms with Crippen LogP contribution in [0.4, 0.5) is 5.69 Å². The summed E-state index contributed by atoms with van der Waals surface area (Å²) in [5, 5.41) is 8.50. The number of allylic oxidation sites excluding steroid dienone is 2. The zero-order chi connectivity index (χ0) is 16.0. The first-order valence-corrected chi connectivity index (χ1v) is 9.96. The molecule has 0 amide bonds. The van der Waals surface area contributed by atoms with Gasteiger partial charge in [0.1, 0.15) is 9.84 Å². The van der Waals surface area contributed by atoms with Gasteiger partial charge in [-0.15, -0.1) is 22.7 Å². The maximum absolute atomic E-state index is 6.04. The Kier molecular flexibility index (Phi) is 3.97. The highest BCUT2D eigenvalue weighted by Crippen LogP contribution is 2.42. The van der Waals surface area contributed by atoms with Crippen molar-refractivity contribution in [3.63, 3.8) is 0 Å². The second kappa shape index (κ2) is 5.98. The van der Waals surface area contributed by atoms with Crippen LogP contribution in [0.15, 0.2) is 45.2 Å². The number of anilines is 1. The third kappa shape index (κ3) is 3.06. The molecule has 0 aliphatic carbocycles. The fraction of sp³-hybridized carbons (Fsp3) is 0.118. The smallest absolute Gasteiger partial charge is 0.135 e. The van der Waals surface area contributed by atoms with Crippen molar-refractivity contribution in [3.05, 3.63) is 55.9 Å². The van der Waals surface area contributed by atoms with E-state index in [0.717, 1.165) is 25.6 Å². The number of thioether (sulfide) groups is 1. The molecule has 0 bridgehead atoms. The maximum Gasteiger partial charge on any atom is 0.135 e. The SMILES string of the molecule is CC(/C=C1/Nc2cc(Cl)ccc2S1)=C\c1nc2scc(C)c2s1. The second-order valence-electron chi connectivity index (χ2n) is 5.37. The number of fused-ring (bicyclic) bond motifs is 2. The summed E-state index contributed by atoms with van der Waals surface area (Å²) in [6, 6.07) is 5.93. The van der Waals surface area contributed by atoms with E-state index in [2.05, 4.69) is 41.7 Å². The highest BCUT2D eigenvalue weighted by atomic mass is 35.5. The van der Waals surface area contributed by atoms with E-state index in [1.54, 1.807) is 34.4 Å². The summed E-state index contributed by atoms with van der Waals surface area (Å²) in [7, 11) is 0. The van der Waals surface area contributed by atoms with Crippen LogP contribution >= 0.6 is 46.0 Å². The lowest BCUT2D eigenvalue weighted by Gasteiger charge is -1.99. The molecule has 1 aromatic carbocycles. The molecule has 23 heavy (non-hydrogen) atoms. The first kappa shape index (κ1) is 15.3. The van der Waals surface area contributed by atoms with E-state index in [9.17, 15) is 0 Å². The summed E-state index contributed by atoms with van der Waals surface area (Å²) < 4.78 is 1.30. The van der Waals surface area contributed by atoms with Crippen molar-refractivity contribution in [2.75, 3.05) is 5.32 Å². The van der Waals surface area contributed by atoms with Crippen LogP contribution < -0.4 is 5.32 Å². The highest BCUT2D eigenvalue weighted by molar-refractivity contribution is 8.03. The fourth-order valence-corrected chi connectivity index (χ4v) is 5.73. The quantitative estimate of drug-likeness (QED) is 0.533. The first-order chi connectivity index (χ1) is 11.1. The number of halogens is 1. The van der Waals surface area contributed by atoms with Gasteiger partial charge >= 0.3 is 0 Å². The average Bonchev–Trinajstić information content (AvgIpc) is 3.15. The van der Waals surface area contributed by atoms with E-state index < -0.39 is 0 Å². The number of aromatic nitrogens is 1. The Balaban J connectivity index is 1.58. The van der Waals surface area contributed by atoms with Crippen molar-refractivity contribution in [1.29, 1.82) is 0 Å². The van der Waals surface area contributed by atoms with Gasteiger partial charge in [-0.25, -0.2) is 4.98 Å². The molecule has 6 heteroatoms. The number of thiazole rings is 1. The molecule has 0 spiro atoms. The molecule has 3 heterocycles. The van der Waals surface area contributed by atoms with E-state index in [1.807, 2.05) is 18.2 Å². The molecule has 116 valence electrons. The number of thiophene rings is 1. The Hall–Kier alpha value is -1.27. The molecule has 0 fully saturated rings. The summed E-state index contributed by atoms with van der Waals surface area (Å²) in [6.07, 6.45) is 4.29. The van der Waals surface area contributed by atoms with E-state index in [-0.39, 0.29) is 0 Å². The van der Waals surface area contributed by atoms with Crippen LogP contribution in [0, 0.1) is 6.92 Å². The largest absolute Gasteiger partial charge is 0.349 e. The van der Waals surface area contributed by atoms with Crippen molar-refractivity contribution < 1.29 is 0 Å². The molecule has 0 unspecified atom stereocenters. The van der Waals surface area contributed by atoms with Crippen LogP contribution in [-0.2, 0) is 0 Å². The Bertz CT molecular complexity index is 966. The zero-order valence-electron chi connectivity index (χ0n) is 12.5. The van der Waals surface area contributed by atoms with Gasteiger partial charge in [0.05, 0.1) is 15.4 Å². The molecule has 2 nitrogen and oxygen atoms in total. The third-order valence-corrected chi connectivity index (χ3v) is 6.96. The maximum atomic E-state index is 6.04. The van der Waals surface area contributed by atoms with Gasteiger partial charge in [-0.3, -0.25) is 0 Å². The molecule has 3 aromatic rings. The molecule has 1 aliphatic rings. The molecule has 0 saturated heterocycles. The van der Waals surface area contributed by atoms with Crippen LogP contribution in [0.3, 0.4) is 0 Å². The Morgan fingerprint density at radius 3 is 3.04 bits per heavy atom. The minimum atomic E-state index is 0.753. The van der Waals surface area contributed by atoms with Gasteiger partial charge in [0.15, 0.2) is 0 Å². The molecule has 2 aromatic heterocycles. The molecular weight excluding hydrogens is 364 g/mol. The molecule has 1 aliphatic heterocycles. The Labute approximate surface area is 151 Å². The molecule has 0 radical (unpaired) electrons. The third-order valence-electron chi connectivity index (χ3n) is 3.45. The van der Waals surface area contributed by atoms with Gasteiger partial charge in [0, 0.05) is 9.92 Å². The van der Waals surface area contributed by atoms with E-state index >= 15 is 0 Å². The van der Waals surface area contributed by atoms with Crippen LogP contribution in [0.25, 0.3) is 15.6 Å². The van der Waals surface area contributed by atoms with Gasteiger partial charge in [-0.1, -0.05) is 23.4 Å². The molecule has 0 saturated carbocycles. The normalized spacial score (nSPS) is 16.1. The van der Waals surface area contributed by atoms with E-state index in [1.165, 1.54) is 20.7 Å². The van der Waals surface area contributed by atoms with Crippen molar-refractivity contribution in [3.8, 4) is 0 Å². The van der Waals surface area contributed by atoms with Gasteiger partial charge < -0.3 is 5.32 Å². The number of nitrogens with zero attached hydrogens (tertiary/aromatic N) is 1. The molecule has 1 N–H and O–H groups in total. The summed E-state index contributed by atoms with van der Waals surface area (Å²) in [6.45, 7) is 4.24. The van der Waals surface area contributed by atoms with Crippen LogP contribution in [0.1, 0.15) is 17.5 Å². The van der Waals surface area contributed by atoms with Crippen molar-refractivity contribution in [2.24, 2.45) is 0 Å². The lowest BCUT2D eigenvalue weighted by atomic mass is 10.3. The molecule has 0 atom stereocenters. The number of rotatable bonds is 2. The van der Waals surface area contributed by atoms with Gasteiger partial charge in [0.2, 0.25) is 0 Å². The summed E-state index contributed by atoms with van der Waals surface area (Å²) in [5.74, 6) is 0. The Morgan fingerprint density at radius 2 is 2.22 bits per heavy atom. The van der Waals surface area contributed by atoms with Crippen LogP contribution in [0.2, 0.25) is 5.02 Å². The van der Waals surface area contributed by atoms with Gasteiger partial charge in [-0.2, -0.15) is 0 Å². The molecule has 4 rings (SSSR count). The second-order valence-corrected chi connectivity index (χ2v) is 8.78. The standard InChI is InChI=1S/C17H13ClN2S3/c1-9(6-15-20-17-16(23-15)10(2)8-21-17)5-14-19-12-7-11(18)3-4-13(12)22-14/h3-8,19H,1-2H3/b9-6+,14-5-. The molecular formula is C17H13ClN2S3. The predicted octanol–water partition coefficient (Wildman–Crippen LogP) is 6.78. The zero-order valence-corrected chi connectivity index (χ0v) is 15.7. The lowest BCUT2D eigenvalue weighted by molar-refractivity contribution is 1.44. The summed E-state index contributed by atoms with van der Waals surface area (Å²) in [5.41, 5.74) is 3.57. The number of benzene rings is 1. The van der Waals surface area contributed by atoms with Crippen LogP contribution in [0.5, 0.6) is 0 Å². The number of nitrogens with one attached hydrogen (secondary N) is 1. The summed E-state index contributed by atoms with van der Waals surface area (Å²) >= 11 is 11.2. The monoisotopic (exact) mass is 376 g/mol. The number of hydrogen-bond donors (Lipinski definition) is 1. The minimum absolute atomic E-state index is 0.753. The Morgan fingerprint density at radius 1 is 1.35 bits per heavy atom. The highest BCUT2D eigenvalue weighted by Gasteiger charge is 2.15. The van der Waals surface area contributed by atoms with Gasteiger partial charge in [-0.05, 0) is 60.7 Å². The predicted molar refractivity (Wildman–Crippen MR) is 105 cm³/mol. The number of aryl methyl sites for hydroxylation is 1. The number of hydrogen-bond acceptors (Lipinski definition) is 5. The van der Waals surface area contributed by atoms with Crippen molar-refractivity contribution >= 4 is 67.3 Å². The average molecular weight is 377 g/mol. The fourth-order valence-electron chi connectivity index (χ4n) is 2.38. The van der Waals surface area contributed by atoms with E-state index in [4.69, 9.17) is 11.6 Å². The minimum Gasteiger partial charge on any atom is -0.349 e. The summed E-state index contributed by atoms with van der Waals surface area (Å²) in [4.78, 5) is 7.03. The van der Waals surface area contributed by atoms with Crippen LogP contribution in [-0.4, -0.2) is 4.98 Å². The van der Waals surface area contributed by atoms with Crippen molar-refractivity contribution in [1.82, 2.24) is 4.98 Å². The topological polar surface area (TPSA) is 24.9 Å². The lowest BCUT2D eigenvalue weighted by Crippen LogP contribution is -1.88. The van der Waals surface area contributed by atoms with Gasteiger partial charge in [0.25, 0.3) is 0 Å². The van der Waals surface area contributed by atoms with E-state index in [0.29, 0.717) is 0 Å². The first-order valence-electron chi connectivity index (χ1n) is 7.07.